The predicted octanol–water partition coefficient (Wildman–Crippen LogP) is 1.88. The van der Waals surface area contributed by atoms with Crippen LogP contribution < -0.4 is 5.32 Å². The van der Waals surface area contributed by atoms with E-state index in [2.05, 4.69) is 21.2 Å². The molecule has 1 N–H and O–H groups in total. The van der Waals surface area contributed by atoms with Gasteiger partial charge in [-0.3, -0.25) is 0 Å². The summed E-state index contributed by atoms with van der Waals surface area (Å²) < 4.78 is 5.36. The van der Waals surface area contributed by atoms with Crippen LogP contribution >= 0.6 is 0 Å². The maximum atomic E-state index is 12.0. The molecule has 0 spiro atoms. The standard InChI is InChI=1S/C15H20N4O2/c1-5-11-8-16-13(17-9-11)18-12-6-7-19(10-12)14(20)21-15(2,3)4/h1,8-9,12H,6-7,10H2,2-4H3,(H,16,17,18)/t12-/m1/s1. The molecule has 0 bridgehead atoms. The number of nitrogens with zero attached hydrogens (tertiary/aromatic N) is 3. The number of carbonyl (C=O) groups is 1. The number of terminal acetylenes is 1. The van der Waals surface area contributed by atoms with E-state index in [4.69, 9.17) is 11.2 Å². The van der Waals surface area contributed by atoms with Crippen LogP contribution in [-0.4, -0.2) is 45.7 Å². The molecular weight excluding hydrogens is 268 g/mol. The summed E-state index contributed by atoms with van der Waals surface area (Å²) >= 11 is 0. The summed E-state index contributed by atoms with van der Waals surface area (Å²) in [6, 6.07) is 0.120. The van der Waals surface area contributed by atoms with E-state index in [1.807, 2.05) is 20.8 Å². The van der Waals surface area contributed by atoms with Crippen LogP contribution in [0.4, 0.5) is 10.7 Å². The van der Waals surface area contributed by atoms with Gasteiger partial charge in [-0.2, -0.15) is 0 Å². The first-order valence-electron chi connectivity index (χ1n) is 6.90. The molecule has 0 radical (unpaired) electrons. The minimum atomic E-state index is -0.475. The third kappa shape index (κ3) is 4.35. The Morgan fingerprint density at radius 2 is 2.14 bits per heavy atom. The normalized spacial score (nSPS) is 18.2. The zero-order valence-electron chi connectivity index (χ0n) is 12.6. The molecule has 1 fully saturated rings. The van der Waals surface area contributed by atoms with Crippen molar-refractivity contribution in [3.63, 3.8) is 0 Å². The first kappa shape index (κ1) is 15.1. The molecule has 0 aliphatic carbocycles. The Morgan fingerprint density at radius 1 is 1.48 bits per heavy atom. The topological polar surface area (TPSA) is 67.4 Å². The summed E-state index contributed by atoms with van der Waals surface area (Å²) in [5, 5.41) is 3.20. The Balaban J connectivity index is 1.87. The van der Waals surface area contributed by atoms with Crippen LogP contribution in [-0.2, 0) is 4.74 Å². The first-order chi connectivity index (χ1) is 9.87. The maximum Gasteiger partial charge on any atom is 0.410 e. The van der Waals surface area contributed by atoms with Crippen LogP contribution in [0.2, 0.25) is 0 Å². The zero-order chi connectivity index (χ0) is 15.5. The maximum absolute atomic E-state index is 12.0. The number of carbonyl (C=O) groups excluding carboxylic acids is 1. The molecule has 1 aliphatic rings. The average molecular weight is 288 g/mol. The zero-order valence-corrected chi connectivity index (χ0v) is 12.6. The molecule has 0 saturated carbocycles. The number of rotatable bonds is 2. The molecule has 21 heavy (non-hydrogen) atoms. The van der Waals surface area contributed by atoms with Crippen LogP contribution in [0.1, 0.15) is 32.8 Å². The lowest BCUT2D eigenvalue weighted by molar-refractivity contribution is 0.0293. The third-order valence-electron chi connectivity index (χ3n) is 2.99. The van der Waals surface area contributed by atoms with Gasteiger partial charge in [0.15, 0.2) is 0 Å². The molecule has 0 aromatic carbocycles. The highest BCUT2D eigenvalue weighted by atomic mass is 16.6. The van der Waals surface area contributed by atoms with Crippen LogP contribution in [0.25, 0.3) is 0 Å². The molecule has 0 unspecified atom stereocenters. The number of hydrogen-bond donors (Lipinski definition) is 1. The number of nitrogens with one attached hydrogen (secondary N) is 1. The Morgan fingerprint density at radius 3 is 2.71 bits per heavy atom. The molecule has 1 aromatic rings. The molecule has 112 valence electrons. The number of amides is 1. The SMILES string of the molecule is C#Cc1cnc(N[C@@H]2CCN(C(=O)OC(C)(C)C)C2)nc1. The van der Waals surface area contributed by atoms with E-state index in [0.717, 1.165) is 6.42 Å². The molecular formula is C15H20N4O2. The van der Waals surface area contributed by atoms with Crippen LogP contribution in [0.15, 0.2) is 12.4 Å². The number of likely N-dealkylation sites (tertiary alicyclic amines) is 1. The van der Waals surface area contributed by atoms with Gasteiger partial charge in [-0.05, 0) is 27.2 Å². The lowest BCUT2D eigenvalue weighted by atomic mass is 10.2. The van der Waals surface area contributed by atoms with Crippen molar-refractivity contribution < 1.29 is 9.53 Å². The van der Waals surface area contributed by atoms with Gasteiger partial charge >= 0.3 is 6.09 Å². The second-order valence-electron chi connectivity index (χ2n) is 6.00. The number of anilines is 1. The van der Waals surface area contributed by atoms with Crippen molar-refractivity contribution in [1.29, 1.82) is 0 Å². The summed E-state index contributed by atoms with van der Waals surface area (Å²) in [4.78, 5) is 21.9. The van der Waals surface area contributed by atoms with Gasteiger partial charge in [0.1, 0.15) is 5.60 Å². The Kier molecular flexibility index (Phi) is 4.32. The van der Waals surface area contributed by atoms with Crippen molar-refractivity contribution in [2.45, 2.75) is 38.8 Å². The van der Waals surface area contributed by atoms with Gasteiger partial charge < -0.3 is 15.0 Å². The van der Waals surface area contributed by atoms with Gasteiger partial charge in [-0.25, -0.2) is 14.8 Å². The lowest BCUT2D eigenvalue weighted by Gasteiger charge is -2.24. The van der Waals surface area contributed by atoms with Crippen molar-refractivity contribution in [2.24, 2.45) is 0 Å². The highest BCUT2D eigenvalue weighted by Crippen LogP contribution is 2.17. The lowest BCUT2D eigenvalue weighted by Crippen LogP contribution is -2.36. The number of hydrogen-bond acceptors (Lipinski definition) is 5. The van der Waals surface area contributed by atoms with Gasteiger partial charge in [0.2, 0.25) is 5.95 Å². The minimum Gasteiger partial charge on any atom is -0.444 e. The van der Waals surface area contributed by atoms with E-state index in [1.54, 1.807) is 17.3 Å². The van der Waals surface area contributed by atoms with Gasteiger partial charge in [0.05, 0.1) is 5.56 Å². The van der Waals surface area contributed by atoms with Crippen molar-refractivity contribution in [2.75, 3.05) is 18.4 Å². The fraction of sp³-hybridized carbons (Fsp3) is 0.533. The van der Waals surface area contributed by atoms with E-state index in [0.29, 0.717) is 24.6 Å². The molecule has 6 nitrogen and oxygen atoms in total. The summed E-state index contributed by atoms with van der Waals surface area (Å²) in [5.74, 6) is 2.99. The average Bonchev–Trinajstić information content (AvgIpc) is 2.86. The molecule has 6 heteroatoms. The third-order valence-corrected chi connectivity index (χ3v) is 2.99. The quantitative estimate of drug-likeness (QED) is 0.842. The van der Waals surface area contributed by atoms with Gasteiger partial charge in [-0.1, -0.05) is 5.92 Å². The van der Waals surface area contributed by atoms with E-state index < -0.39 is 5.60 Å². The Bertz CT molecular complexity index is 542. The second kappa shape index (κ2) is 6.00. The Labute approximate surface area is 124 Å². The minimum absolute atomic E-state index is 0.120. The molecule has 1 amide bonds. The molecule has 1 aliphatic heterocycles. The Hall–Kier alpha value is -2.29. The highest BCUT2D eigenvalue weighted by molar-refractivity contribution is 5.68. The predicted molar refractivity (Wildman–Crippen MR) is 79.8 cm³/mol. The summed E-state index contributed by atoms with van der Waals surface area (Å²) in [5.41, 5.74) is 0.166. The van der Waals surface area contributed by atoms with Crippen molar-refractivity contribution in [3.8, 4) is 12.3 Å². The van der Waals surface area contributed by atoms with E-state index in [1.165, 1.54) is 0 Å². The molecule has 2 heterocycles. The van der Waals surface area contributed by atoms with Crippen molar-refractivity contribution >= 4 is 12.0 Å². The molecule has 1 aromatic heterocycles. The highest BCUT2D eigenvalue weighted by Gasteiger charge is 2.29. The van der Waals surface area contributed by atoms with Crippen LogP contribution in [0.3, 0.4) is 0 Å². The fourth-order valence-electron chi connectivity index (χ4n) is 2.03. The summed E-state index contributed by atoms with van der Waals surface area (Å²) in [6.45, 7) is 6.82. The van der Waals surface area contributed by atoms with E-state index in [-0.39, 0.29) is 12.1 Å². The largest absolute Gasteiger partial charge is 0.444 e. The molecule has 2 rings (SSSR count). The fourth-order valence-corrected chi connectivity index (χ4v) is 2.03. The first-order valence-corrected chi connectivity index (χ1v) is 6.90. The van der Waals surface area contributed by atoms with Crippen molar-refractivity contribution in [1.82, 2.24) is 14.9 Å². The van der Waals surface area contributed by atoms with Gasteiger partial charge in [0.25, 0.3) is 0 Å². The summed E-state index contributed by atoms with van der Waals surface area (Å²) in [6.07, 6.45) is 8.99. The second-order valence-corrected chi connectivity index (χ2v) is 6.00. The van der Waals surface area contributed by atoms with Gasteiger partial charge in [-0.15, -0.1) is 6.42 Å². The van der Waals surface area contributed by atoms with Gasteiger partial charge in [0, 0.05) is 31.5 Å². The van der Waals surface area contributed by atoms with Crippen LogP contribution in [0, 0.1) is 12.3 Å². The molecule has 1 saturated heterocycles. The number of ether oxygens (including phenoxy) is 1. The monoisotopic (exact) mass is 288 g/mol. The van der Waals surface area contributed by atoms with E-state index >= 15 is 0 Å². The summed E-state index contributed by atoms with van der Waals surface area (Å²) in [7, 11) is 0. The number of aromatic nitrogens is 2. The van der Waals surface area contributed by atoms with Crippen molar-refractivity contribution in [3.05, 3.63) is 18.0 Å². The van der Waals surface area contributed by atoms with E-state index in [9.17, 15) is 4.79 Å². The van der Waals surface area contributed by atoms with Crippen LogP contribution in [0.5, 0.6) is 0 Å². The smallest absolute Gasteiger partial charge is 0.410 e. The molecule has 1 atom stereocenters.